The van der Waals surface area contributed by atoms with Crippen LogP contribution in [-0.4, -0.2) is 39.4 Å². The molecule has 1 aliphatic heterocycles. The molecule has 0 bridgehead atoms. The van der Waals surface area contributed by atoms with E-state index in [0.29, 0.717) is 30.3 Å². The zero-order valence-corrected chi connectivity index (χ0v) is 10.8. The predicted octanol–water partition coefficient (Wildman–Crippen LogP) is 1.08. The van der Waals surface area contributed by atoms with Gasteiger partial charge >= 0.3 is 0 Å². The molecule has 0 atom stereocenters. The predicted molar refractivity (Wildman–Crippen MR) is 66.1 cm³/mol. The maximum Gasteiger partial charge on any atom is 0.164 e. The number of rotatable bonds is 4. The van der Waals surface area contributed by atoms with Crippen molar-refractivity contribution in [3.8, 4) is 11.5 Å². The Hall–Kier alpha value is -1.56. The van der Waals surface area contributed by atoms with Crippen LogP contribution in [0.2, 0.25) is 0 Å². The largest absolute Gasteiger partial charge is 0.486 e. The van der Waals surface area contributed by atoms with Crippen molar-refractivity contribution < 1.29 is 22.7 Å². The van der Waals surface area contributed by atoms with Gasteiger partial charge in [0, 0.05) is 18.2 Å². The molecule has 0 radical (unpaired) electrons. The van der Waals surface area contributed by atoms with Crippen LogP contribution in [0.1, 0.15) is 16.8 Å². The van der Waals surface area contributed by atoms with Gasteiger partial charge < -0.3 is 9.47 Å². The highest BCUT2D eigenvalue weighted by atomic mass is 32.2. The third-order valence-electron chi connectivity index (χ3n) is 2.56. The molecule has 0 spiro atoms. The van der Waals surface area contributed by atoms with E-state index < -0.39 is 9.84 Å². The van der Waals surface area contributed by atoms with Gasteiger partial charge in [0.25, 0.3) is 0 Å². The van der Waals surface area contributed by atoms with Crippen molar-refractivity contribution in [1.82, 2.24) is 0 Å². The molecule has 1 aromatic rings. The summed E-state index contributed by atoms with van der Waals surface area (Å²) in [6.45, 7) is 0.947. The molecule has 6 heteroatoms. The first-order chi connectivity index (χ1) is 8.46. The van der Waals surface area contributed by atoms with E-state index in [4.69, 9.17) is 9.47 Å². The first-order valence-electron chi connectivity index (χ1n) is 5.56. The van der Waals surface area contributed by atoms with Crippen molar-refractivity contribution in [2.24, 2.45) is 0 Å². The number of carbonyl (C=O) groups excluding carboxylic acids is 1. The lowest BCUT2D eigenvalue weighted by atomic mass is 10.1. The monoisotopic (exact) mass is 270 g/mol. The van der Waals surface area contributed by atoms with Crippen molar-refractivity contribution >= 4 is 15.6 Å². The van der Waals surface area contributed by atoms with Crippen molar-refractivity contribution in [2.45, 2.75) is 6.42 Å². The molecule has 0 fully saturated rings. The van der Waals surface area contributed by atoms with Crippen LogP contribution in [0.5, 0.6) is 11.5 Å². The summed E-state index contributed by atoms with van der Waals surface area (Å²) < 4.78 is 32.7. The zero-order chi connectivity index (χ0) is 13.2. The lowest BCUT2D eigenvalue weighted by Crippen LogP contribution is -2.16. The molecule has 0 saturated carbocycles. The molecule has 0 saturated heterocycles. The molecule has 98 valence electrons. The topological polar surface area (TPSA) is 69.7 Å². The Morgan fingerprint density at radius 1 is 1.22 bits per heavy atom. The lowest BCUT2D eigenvalue weighted by Gasteiger charge is -2.18. The van der Waals surface area contributed by atoms with Gasteiger partial charge in [-0.1, -0.05) is 0 Å². The Balaban J connectivity index is 2.11. The first-order valence-corrected chi connectivity index (χ1v) is 7.62. The van der Waals surface area contributed by atoms with Gasteiger partial charge in [0.15, 0.2) is 17.3 Å². The van der Waals surface area contributed by atoms with E-state index in [1.165, 1.54) is 0 Å². The Kier molecular flexibility index (Phi) is 3.56. The van der Waals surface area contributed by atoms with Crippen LogP contribution < -0.4 is 9.47 Å². The highest BCUT2D eigenvalue weighted by molar-refractivity contribution is 7.90. The smallest absolute Gasteiger partial charge is 0.164 e. The molecule has 0 aliphatic carbocycles. The summed E-state index contributed by atoms with van der Waals surface area (Å²) in [5, 5.41) is 0. The van der Waals surface area contributed by atoms with Crippen molar-refractivity contribution in [3.63, 3.8) is 0 Å². The van der Waals surface area contributed by atoms with Crippen LogP contribution in [0.4, 0.5) is 0 Å². The van der Waals surface area contributed by atoms with Crippen molar-refractivity contribution in [2.75, 3.05) is 25.2 Å². The standard InChI is InChI=1S/C12H14O5S/c1-18(14,15)7-4-10(13)9-2-3-11-12(8-9)17-6-5-16-11/h2-3,8H,4-7H2,1H3. The fourth-order valence-electron chi connectivity index (χ4n) is 1.64. The Labute approximate surface area is 106 Å². The maximum absolute atomic E-state index is 11.8. The van der Waals surface area contributed by atoms with Crippen molar-refractivity contribution in [1.29, 1.82) is 0 Å². The van der Waals surface area contributed by atoms with Gasteiger partial charge in [0.05, 0.1) is 5.75 Å². The number of hydrogen-bond acceptors (Lipinski definition) is 5. The molecule has 1 aliphatic rings. The summed E-state index contributed by atoms with van der Waals surface area (Å²) >= 11 is 0. The van der Waals surface area contributed by atoms with E-state index in [0.717, 1.165) is 6.26 Å². The molecular formula is C12H14O5S. The average molecular weight is 270 g/mol. The summed E-state index contributed by atoms with van der Waals surface area (Å²) in [5.74, 6) is 0.796. The number of ketones is 1. The van der Waals surface area contributed by atoms with Gasteiger partial charge in [-0.2, -0.15) is 0 Å². The van der Waals surface area contributed by atoms with E-state index in [1.54, 1.807) is 18.2 Å². The lowest BCUT2D eigenvalue weighted by molar-refractivity contribution is 0.0987. The second-order valence-electron chi connectivity index (χ2n) is 4.16. The third-order valence-corrected chi connectivity index (χ3v) is 3.51. The molecule has 18 heavy (non-hydrogen) atoms. The third kappa shape index (κ3) is 3.22. The second-order valence-corrected chi connectivity index (χ2v) is 6.42. The molecule has 2 rings (SSSR count). The fourth-order valence-corrected chi connectivity index (χ4v) is 2.20. The summed E-state index contributed by atoms with van der Waals surface area (Å²) in [6.07, 6.45) is 1.10. The van der Waals surface area contributed by atoms with Crippen LogP contribution in [0, 0.1) is 0 Å². The van der Waals surface area contributed by atoms with Gasteiger partial charge in [-0.25, -0.2) is 8.42 Å². The molecule has 0 unspecified atom stereocenters. The van der Waals surface area contributed by atoms with Crippen LogP contribution in [0.25, 0.3) is 0 Å². The number of Topliss-reactive ketones (excluding diaryl/α,β-unsaturated/α-hetero) is 1. The van der Waals surface area contributed by atoms with Crippen LogP contribution in [-0.2, 0) is 9.84 Å². The minimum atomic E-state index is -3.12. The van der Waals surface area contributed by atoms with E-state index >= 15 is 0 Å². The summed E-state index contributed by atoms with van der Waals surface area (Å²) in [5.41, 5.74) is 0.447. The van der Waals surface area contributed by atoms with Gasteiger partial charge in [0.2, 0.25) is 0 Å². The summed E-state index contributed by atoms with van der Waals surface area (Å²) in [6, 6.07) is 4.89. The van der Waals surface area contributed by atoms with Gasteiger partial charge in [0.1, 0.15) is 23.1 Å². The molecule has 0 aromatic heterocycles. The maximum atomic E-state index is 11.8. The minimum absolute atomic E-state index is 0.0154. The molecule has 0 amide bonds. The molecule has 1 aromatic carbocycles. The Bertz CT molecular complexity index is 562. The Morgan fingerprint density at radius 2 is 1.89 bits per heavy atom. The molecule has 5 nitrogen and oxygen atoms in total. The van der Waals surface area contributed by atoms with Gasteiger partial charge in [-0.15, -0.1) is 0 Å². The number of sulfone groups is 1. The minimum Gasteiger partial charge on any atom is -0.486 e. The summed E-state index contributed by atoms with van der Waals surface area (Å²) in [4.78, 5) is 11.8. The van der Waals surface area contributed by atoms with Crippen LogP contribution in [0.3, 0.4) is 0 Å². The van der Waals surface area contributed by atoms with Gasteiger partial charge in [-0.3, -0.25) is 4.79 Å². The van der Waals surface area contributed by atoms with Crippen LogP contribution in [0.15, 0.2) is 18.2 Å². The average Bonchev–Trinajstić information content (AvgIpc) is 2.34. The zero-order valence-electron chi connectivity index (χ0n) is 10.0. The SMILES string of the molecule is CS(=O)(=O)CCC(=O)c1ccc2c(c1)OCCO2. The first kappa shape index (κ1) is 12.9. The number of carbonyl (C=O) groups is 1. The Morgan fingerprint density at radius 3 is 2.56 bits per heavy atom. The molecule has 1 heterocycles. The van der Waals surface area contributed by atoms with Gasteiger partial charge in [-0.05, 0) is 18.2 Å². The van der Waals surface area contributed by atoms with E-state index in [2.05, 4.69) is 0 Å². The number of benzene rings is 1. The second kappa shape index (κ2) is 4.97. The normalized spacial score (nSPS) is 14.3. The van der Waals surface area contributed by atoms with Crippen molar-refractivity contribution in [3.05, 3.63) is 23.8 Å². The number of ether oxygens (including phenoxy) is 2. The summed E-state index contributed by atoms with van der Waals surface area (Å²) in [7, 11) is -3.12. The van der Waals surface area contributed by atoms with E-state index in [-0.39, 0.29) is 18.0 Å². The van der Waals surface area contributed by atoms with Crippen LogP contribution >= 0.6 is 0 Å². The van der Waals surface area contributed by atoms with E-state index in [9.17, 15) is 13.2 Å². The fraction of sp³-hybridized carbons (Fsp3) is 0.417. The molecular weight excluding hydrogens is 256 g/mol. The highest BCUT2D eigenvalue weighted by Gasteiger charge is 2.16. The van der Waals surface area contributed by atoms with E-state index in [1.807, 2.05) is 0 Å². The molecule has 0 N–H and O–H groups in total. The number of fused-ring (bicyclic) bond motifs is 1. The highest BCUT2D eigenvalue weighted by Crippen LogP contribution is 2.31. The quantitative estimate of drug-likeness (QED) is 0.766. The number of hydrogen-bond donors (Lipinski definition) is 0.